The maximum atomic E-state index is 13.4. The van der Waals surface area contributed by atoms with Crippen LogP contribution in [0.1, 0.15) is 65.5 Å². The molecular formula is C22H21ClNO3-. The molecule has 0 bridgehead atoms. The average molecular weight is 383 g/mol. The van der Waals surface area contributed by atoms with Crippen LogP contribution in [0, 0.1) is 0 Å². The Bertz CT molecular complexity index is 858. The monoisotopic (exact) mass is 382 g/mol. The topological polar surface area (TPSA) is 60.4 Å². The summed E-state index contributed by atoms with van der Waals surface area (Å²) in [6.45, 7) is 0. The minimum absolute atomic E-state index is 0.0436. The van der Waals surface area contributed by atoms with Crippen molar-refractivity contribution in [1.29, 1.82) is 0 Å². The number of carboxylic acids is 1. The molecule has 0 radical (unpaired) electrons. The van der Waals surface area contributed by atoms with Gasteiger partial charge in [-0.05, 0) is 42.2 Å². The van der Waals surface area contributed by atoms with Gasteiger partial charge in [-0.25, -0.2) is 0 Å². The Morgan fingerprint density at radius 1 is 1.00 bits per heavy atom. The first kappa shape index (κ1) is 18.1. The summed E-state index contributed by atoms with van der Waals surface area (Å²) in [6, 6.07) is 13.6. The lowest BCUT2D eigenvalue weighted by molar-refractivity contribution is -0.309. The molecule has 140 valence electrons. The molecule has 1 heterocycles. The van der Waals surface area contributed by atoms with Gasteiger partial charge >= 0.3 is 0 Å². The van der Waals surface area contributed by atoms with Crippen molar-refractivity contribution in [2.75, 3.05) is 0 Å². The van der Waals surface area contributed by atoms with Gasteiger partial charge in [-0.2, -0.15) is 0 Å². The molecule has 1 aliphatic carbocycles. The summed E-state index contributed by atoms with van der Waals surface area (Å²) in [4.78, 5) is 27.5. The largest absolute Gasteiger partial charge is 0.549 e. The van der Waals surface area contributed by atoms with Gasteiger partial charge in [0.05, 0.1) is 12.0 Å². The zero-order valence-electron chi connectivity index (χ0n) is 14.9. The van der Waals surface area contributed by atoms with Gasteiger partial charge in [0, 0.05) is 22.5 Å². The number of aliphatic carboxylic acids is 1. The van der Waals surface area contributed by atoms with Crippen molar-refractivity contribution < 1.29 is 14.7 Å². The molecule has 5 heteroatoms. The van der Waals surface area contributed by atoms with Gasteiger partial charge in [-0.1, -0.05) is 61.2 Å². The number of carbonyl (C=O) groups is 2. The van der Waals surface area contributed by atoms with Crippen LogP contribution in [0.15, 0.2) is 48.5 Å². The fourth-order valence-corrected chi connectivity index (χ4v) is 4.71. The second kappa shape index (κ2) is 7.35. The van der Waals surface area contributed by atoms with Crippen molar-refractivity contribution in [2.45, 2.75) is 50.1 Å². The number of amides is 1. The van der Waals surface area contributed by atoms with Crippen molar-refractivity contribution >= 4 is 23.5 Å². The van der Waals surface area contributed by atoms with Crippen molar-refractivity contribution in [3.05, 3.63) is 70.2 Å². The number of halogens is 1. The molecule has 0 spiro atoms. The first-order valence-electron chi connectivity index (χ1n) is 9.46. The van der Waals surface area contributed by atoms with E-state index in [9.17, 15) is 14.7 Å². The summed E-state index contributed by atoms with van der Waals surface area (Å²) >= 11 is 6.04. The van der Waals surface area contributed by atoms with Crippen molar-refractivity contribution in [3.63, 3.8) is 0 Å². The van der Waals surface area contributed by atoms with Gasteiger partial charge in [0.15, 0.2) is 0 Å². The molecule has 4 rings (SSSR count). The second-order valence-corrected chi connectivity index (χ2v) is 7.82. The quantitative estimate of drug-likeness (QED) is 0.813. The van der Waals surface area contributed by atoms with Gasteiger partial charge in [-0.3, -0.25) is 4.79 Å². The zero-order chi connectivity index (χ0) is 19.0. The van der Waals surface area contributed by atoms with E-state index in [1.54, 1.807) is 36.4 Å². The molecule has 1 aliphatic heterocycles. The molecule has 27 heavy (non-hydrogen) atoms. The smallest absolute Gasteiger partial charge is 0.254 e. The highest BCUT2D eigenvalue weighted by atomic mass is 35.5. The normalized spacial score (nSPS) is 23.1. The molecule has 0 N–H and O–H groups in total. The van der Waals surface area contributed by atoms with E-state index >= 15 is 0 Å². The van der Waals surface area contributed by atoms with E-state index in [1.807, 2.05) is 17.0 Å². The van der Waals surface area contributed by atoms with E-state index in [0.29, 0.717) is 16.1 Å². The maximum absolute atomic E-state index is 13.4. The average Bonchev–Trinajstić information content (AvgIpc) is 2.69. The molecule has 1 fully saturated rings. The molecule has 2 aliphatic rings. The van der Waals surface area contributed by atoms with Crippen LogP contribution in [-0.4, -0.2) is 22.8 Å². The van der Waals surface area contributed by atoms with Crippen LogP contribution in [0.3, 0.4) is 0 Å². The van der Waals surface area contributed by atoms with E-state index in [0.717, 1.165) is 37.7 Å². The number of rotatable bonds is 3. The SMILES string of the molecule is O=C([O-])[C@@H]1c2ccccc2C(=O)N(C2CCCCC2)[C@H]1c1ccc(Cl)cc1. The van der Waals surface area contributed by atoms with Crippen LogP contribution in [-0.2, 0) is 4.79 Å². The van der Waals surface area contributed by atoms with Crippen LogP contribution in [0.25, 0.3) is 0 Å². The van der Waals surface area contributed by atoms with Crippen molar-refractivity contribution in [2.24, 2.45) is 0 Å². The number of nitrogens with zero attached hydrogens (tertiary/aromatic N) is 1. The third kappa shape index (κ3) is 3.23. The highest BCUT2D eigenvalue weighted by Gasteiger charge is 2.44. The van der Waals surface area contributed by atoms with Crippen LogP contribution >= 0.6 is 11.6 Å². The fourth-order valence-electron chi connectivity index (χ4n) is 4.58. The van der Waals surface area contributed by atoms with Crippen molar-refractivity contribution in [1.82, 2.24) is 4.90 Å². The summed E-state index contributed by atoms with van der Waals surface area (Å²) in [5.74, 6) is -2.15. The van der Waals surface area contributed by atoms with E-state index in [2.05, 4.69) is 0 Å². The third-order valence-electron chi connectivity index (χ3n) is 5.81. The van der Waals surface area contributed by atoms with Gasteiger partial charge < -0.3 is 14.8 Å². The highest BCUT2D eigenvalue weighted by molar-refractivity contribution is 6.30. The van der Waals surface area contributed by atoms with Crippen LogP contribution < -0.4 is 5.11 Å². The Hall–Kier alpha value is -2.33. The molecule has 4 nitrogen and oxygen atoms in total. The zero-order valence-corrected chi connectivity index (χ0v) is 15.7. The number of carboxylic acid groups (broad SMARTS) is 1. The van der Waals surface area contributed by atoms with Crippen LogP contribution in [0.4, 0.5) is 0 Å². The molecule has 2 aromatic carbocycles. The van der Waals surface area contributed by atoms with E-state index in [-0.39, 0.29) is 11.9 Å². The Kier molecular flexibility index (Phi) is 4.92. The van der Waals surface area contributed by atoms with E-state index in [4.69, 9.17) is 11.6 Å². The number of benzene rings is 2. The number of hydrogen-bond acceptors (Lipinski definition) is 3. The Labute approximate surface area is 163 Å². The third-order valence-corrected chi connectivity index (χ3v) is 6.06. The molecule has 2 atom stereocenters. The fraction of sp³-hybridized carbons (Fsp3) is 0.364. The predicted molar refractivity (Wildman–Crippen MR) is 101 cm³/mol. The number of fused-ring (bicyclic) bond motifs is 1. The molecule has 0 saturated heterocycles. The Balaban J connectivity index is 1.89. The van der Waals surface area contributed by atoms with Gasteiger partial charge in [0.2, 0.25) is 0 Å². The van der Waals surface area contributed by atoms with Gasteiger partial charge in [0.25, 0.3) is 5.91 Å². The van der Waals surface area contributed by atoms with Gasteiger partial charge in [0.1, 0.15) is 0 Å². The van der Waals surface area contributed by atoms with E-state index < -0.39 is 17.9 Å². The van der Waals surface area contributed by atoms with Gasteiger partial charge in [-0.15, -0.1) is 0 Å². The lowest BCUT2D eigenvalue weighted by Crippen LogP contribution is -2.52. The summed E-state index contributed by atoms with van der Waals surface area (Å²) in [5, 5.41) is 12.8. The minimum atomic E-state index is -1.16. The highest BCUT2D eigenvalue weighted by Crippen LogP contribution is 2.45. The molecule has 1 amide bonds. The standard InChI is InChI=1S/C22H22ClNO3/c23-15-12-10-14(11-13-15)20-19(22(26)27)17-8-4-5-9-18(17)21(25)24(20)16-6-2-1-3-7-16/h4-5,8-13,16,19-20H,1-3,6-7H2,(H,26,27)/p-1/t19-,20+/m1/s1. The summed E-state index contributed by atoms with van der Waals surface area (Å²) in [6.07, 6.45) is 5.07. The molecule has 1 saturated carbocycles. The second-order valence-electron chi connectivity index (χ2n) is 7.38. The minimum Gasteiger partial charge on any atom is -0.549 e. The van der Waals surface area contributed by atoms with Crippen LogP contribution in [0.2, 0.25) is 5.02 Å². The summed E-state index contributed by atoms with van der Waals surface area (Å²) in [7, 11) is 0. The predicted octanol–water partition coefficient (Wildman–Crippen LogP) is 3.70. The summed E-state index contributed by atoms with van der Waals surface area (Å²) < 4.78 is 0. The first-order valence-corrected chi connectivity index (χ1v) is 9.83. The lowest BCUT2D eigenvalue weighted by Gasteiger charge is -2.47. The lowest BCUT2D eigenvalue weighted by atomic mass is 9.77. The first-order chi connectivity index (χ1) is 13.1. The van der Waals surface area contributed by atoms with Crippen molar-refractivity contribution in [3.8, 4) is 0 Å². The molecule has 2 aromatic rings. The number of carbonyl (C=O) groups excluding carboxylic acids is 2. The summed E-state index contributed by atoms with van der Waals surface area (Å²) in [5.41, 5.74) is 1.79. The molecule has 0 aromatic heterocycles. The Morgan fingerprint density at radius 3 is 2.33 bits per heavy atom. The maximum Gasteiger partial charge on any atom is 0.254 e. The number of hydrogen-bond donors (Lipinski definition) is 0. The van der Waals surface area contributed by atoms with E-state index in [1.165, 1.54) is 0 Å². The molecule has 0 unspecified atom stereocenters. The van der Waals surface area contributed by atoms with Crippen LogP contribution in [0.5, 0.6) is 0 Å². The Morgan fingerprint density at radius 2 is 1.67 bits per heavy atom. The molecular weight excluding hydrogens is 362 g/mol.